The molecule has 0 aromatic heterocycles. The third-order valence-corrected chi connectivity index (χ3v) is 2.81. The second-order valence-corrected chi connectivity index (χ2v) is 5.15. The Morgan fingerprint density at radius 2 is 2.33 bits per heavy atom. The first kappa shape index (κ1) is 9.95. The fourth-order valence-corrected chi connectivity index (χ4v) is 1.90. The summed E-state index contributed by atoms with van der Waals surface area (Å²) in [6, 6.07) is 0. The topological polar surface area (TPSA) is 58.2 Å². The molecule has 1 aliphatic rings. The van der Waals surface area contributed by atoms with Gasteiger partial charge in [-0.1, -0.05) is 0 Å². The maximum absolute atomic E-state index is 10.7. The summed E-state index contributed by atoms with van der Waals surface area (Å²) in [7, 11) is -2.99. The van der Waals surface area contributed by atoms with Gasteiger partial charge in [0.25, 0.3) is 0 Å². The molecule has 1 atom stereocenters. The molecular weight excluding hydrogens is 176 g/mol. The van der Waals surface area contributed by atoms with E-state index in [1.165, 1.54) is 12.7 Å². The van der Waals surface area contributed by atoms with Crippen molar-refractivity contribution in [2.45, 2.75) is 12.8 Å². The van der Waals surface area contributed by atoms with Gasteiger partial charge in [-0.2, -0.15) is 0 Å². The average Bonchev–Trinajstić information content (AvgIpc) is 2.36. The molecule has 0 saturated carbocycles. The fourth-order valence-electron chi connectivity index (χ4n) is 1.41. The van der Waals surface area contributed by atoms with E-state index in [9.17, 15) is 8.42 Å². The molecule has 0 aliphatic carbocycles. The Bertz CT molecular complexity index is 220. The molecule has 0 radical (unpaired) electrons. The van der Waals surface area contributed by atoms with Crippen molar-refractivity contribution >= 4 is 10.0 Å². The van der Waals surface area contributed by atoms with Crippen LogP contribution in [0.3, 0.4) is 0 Å². The van der Waals surface area contributed by atoms with Crippen LogP contribution in [-0.4, -0.2) is 34.3 Å². The molecular formula is C7H16N2O2S. The lowest BCUT2D eigenvalue weighted by Gasteiger charge is -2.07. The molecule has 4 nitrogen and oxygen atoms in total. The Labute approximate surface area is 73.8 Å². The first-order valence-corrected chi connectivity index (χ1v) is 6.12. The Balaban J connectivity index is 2.09. The summed E-state index contributed by atoms with van der Waals surface area (Å²) in [6.07, 6.45) is 3.31. The summed E-state index contributed by atoms with van der Waals surface area (Å²) in [6.45, 7) is 2.68. The van der Waals surface area contributed by atoms with Gasteiger partial charge in [0, 0.05) is 6.54 Å². The summed E-state index contributed by atoms with van der Waals surface area (Å²) in [5.41, 5.74) is 0. The van der Waals surface area contributed by atoms with Crippen LogP contribution < -0.4 is 10.0 Å². The van der Waals surface area contributed by atoms with E-state index in [1.807, 2.05) is 0 Å². The van der Waals surface area contributed by atoms with Crippen LogP contribution in [0.1, 0.15) is 12.8 Å². The molecule has 1 fully saturated rings. The third kappa shape index (κ3) is 4.04. The highest BCUT2D eigenvalue weighted by Gasteiger charge is 2.14. The van der Waals surface area contributed by atoms with E-state index < -0.39 is 10.0 Å². The highest BCUT2D eigenvalue weighted by Crippen LogP contribution is 2.10. The Morgan fingerprint density at radius 3 is 2.83 bits per heavy atom. The van der Waals surface area contributed by atoms with Crippen LogP contribution in [0, 0.1) is 5.92 Å². The quantitative estimate of drug-likeness (QED) is 0.633. The molecule has 12 heavy (non-hydrogen) atoms. The zero-order valence-electron chi connectivity index (χ0n) is 7.34. The minimum absolute atomic E-state index is 0.575. The van der Waals surface area contributed by atoms with Gasteiger partial charge in [-0.05, 0) is 31.8 Å². The molecule has 1 unspecified atom stereocenters. The van der Waals surface area contributed by atoms with Crippen molar-refractivity contribution in [1.29, 1.82) is 0 Å². The predicted molar refractivity (Wildman–Crippen MR) is 48.4 cm³/mol. The van der Waals surface area contributed by atoms with E-state index in [4.69, 9.17) is 0 Å². The molecule has 0 spiro atoms. The Morgan fingerprint density at radius 1 is 1.58 bits per heavy atom. The van der Waals surface area contributed by atoms with Crippen LogP contribution in [-0.2, 0) is 10.0 Å². The maximum atomic E-state index is 10.7. The van der Waals surface area contributed by atoms with Crippen molar-refractivity contribution in [3.8, 4) is 0 Å². The smallest absolute Gasteiger partial charge is 0.208 e. The van der Waals surface area contributed by atoms with E-state index in [2.05, 4.69) is 10.0 Å². The minimum Gasteiger partial charge on any atom is -0.316 e. The van der Waals surface area contributed by atoms with Crippen molar-refractivity contribution in [3.05, 3.63) is 0 Å². The monoisotopic (exact) mass is 192 g/mol. The van der Waals surface area contributed by atoms with Crippen LogP contribution in [0.15, 0.2) is 0 Å². The van der Waals surface area contributed by atoms with E-state index >= 15 is 0 Å². The van der Waals surface area contributed by atoms with Crippen molar-refractivity contribution in [1.82, 2.24) is 10.0 Å². The molecule has 1 heterocycles. The molecule has 1 saturated heterocycles. The van der Waals surface area contributed by atoms with E-state index in [0.717, 1.165) is 19.5 Å². The van der Waals surface area contributed by atoms with Crippen molar-refractivity contribution in [2.24, 2.45) is 5.92 Å². The van der Waals surface area contributed by atoms with Crippen molar-refractivity contribution in [2.75, 3.05) is 25.9 Å². The van der Waals surface area contributed by atoms with Crippen LogP contribution in [0.2, 0.25) is 0 Å². The van der Waals surface area contributed by atoms with Crippen LogP contribution in [0.25, 0.3) is 0 Å². The van der Waals surface area contributed by atoms with Gasteiger partial charge in [0.15, 0.2) is 0 Å². The standard InChI is InChI=1S/C7H16N2O2S/c1-12(10,11)9-5-3-7-2-4-8-6-7/h7-9H,2-6H2,1H3. The zero-order valence-corrected chi connectivity index (χ0v) is 8.15. The second kappa shape index (κ2) is 4.20. The lowest BCUT2D eigenvalue weighted by molar-refractivity contribution is 0.521. The van der Waals surface area contributed by atoms with Gasteiger partial charge in [0.1, 0.15) is 0 Å². The van der Waals surface area contributed by atoms with Crippen LogP contribution in [0.5, 0.6) is 0 Å². The summed E-state index contributed by atoms with van der Waals surface area (Å²) in [5.74, 6) is 0.652. The maximum Gasteiger partial charge on any atom is 0.208 e. The first-order valence-electron chi connectivity index (χ1n) is 4.23. The number of sulfonamides is 1. The highest BCUT2D eigenvalue weighted by molar-refractivity contribution is 7.88. The largest absolute Gasteiger partial charge is 0.316 e. The molecule has 2 N–H and O–H groups in total. The van der Waals surface area contributed by atoms with Crippen LogP contribution in [0.4, 0.5) is 0 Å². The SMILES string of the molecule is CS(=O)(=O)NCCC1CCNC1. The predicted octanol–water partition coefficient (Wildman–Crippen LogP) is -0.465. The number of hydrogen-bond donors (Lipinski definition) is 2. The van der Waals surface area contributed by atoms with Crippen molar-refractivity contribution in [3.63, 3.8) is 0 Å². The summed E-state index contributed by atoms with van der Waals surface area (Å²) in [4.78, 5) is 0. The van der Waals surface area contributed by atoms with Gasteiger partial charge in [-0.3, -0.25) is 0 Å². The molecule has 1 aliphatic heterocycles. The Kier molecular flexibility index (Phi) is 3.49. The summed E-state index contributed by atoms with van der Waals surface area (Å²) in [5, 5.41) is 3.24. The summed E-state index contributed by atoms with van der Waals surface area (Å²) >= 11 is 0. The summed E-state index contributed by atoms with van der Waals surface area (Å²) < 4.78 is 23.8. The van der Waals surface area contributed by atoms with Gasteiger partial charge >= 0.3 is 0 Å². The number of rotatable bonds is 4. The minimum atomic E-state index is -2.99. The average molecular weight is 192 g/mol. The van der Waals surface area contributed by atoms with Gasteiger partial charge in [-0.15, -0.1) is 0 Å². The van der Waals surface area contributed by atoms with Gasteiger partial charge in [0.2, 0.25) is 10.0 Å². The Hall–Kier alpha value is -0.130. The normalized spacial score (nSPS) is 24.6. The van der Waals surface area contributed by atoms with E-state index in [0.29, 0.717) is 12.5 Å². The molecule has 0 bridgehead atoms. The second-order valence-electron chi connectivity index (χ2n) is 3.31. The van der Waals surface area contributed by atoms with Gasteiger partial charge in [-0.25, -0.2) is 13.1 Å². The van der Waals surface area contributed by atoms with Crippen LogP contribution >= 0.6 is 0 Å². The van der Waals surface area contributed by atoms with E-state index in [-0.39, 0.29) is 0 Å². The highest BCUT2D eigenvalue weighted by atomic mass is 32.2. The fraction of sp³-hybridized carbons (Fsp3) is 1.00. The molecule has 0 aromatic carbocycles. The lowest BCUT2D eigenvalue weighted by Crippen LogP contribution is -2.25. The first-order chi connectivity index (χ1) is 5.58. The molecule has 1 rings (SSSR count). The molecule has 72 valence electrons. The van der Waals surface area contributed by atoms with Gasteiger partial charge in [0.05, 0.1) is 6.26 Å². The molecule has 5 heteroatoms. The van der Waals surface area contributed by atoms with E-state index in [1.54, 1.807) is 0 Å². The molecule has 0 amide bonds. The zero-order chi connectivity index (χ0) is 9.03. The lowest BCUT2D eigenvalue weighted by atomic mass is 10.1. The number of hydrogen-bond acceptors (Lipinski definition) is 3. The van der Waals surface area contributed by atoms with Gasteiger partial charge < -0.3 is 5.32 Å². The van der Waals surface area contributed by atoms with Crippen molar-refractivity contribution < 1.29 is 8.42 Å². The third-order valence-electron chi connectivity index (χ3n) is 2.08. The number of nitrogens with one attached hydrogen (secondary N) is 2. The molecule has 0 aromatic rings.